The molecule has 7 heteroatoms. The van der Waals surface area contributed by atoms with Gasteiger partial charge in [0.2, 0.25) is 0 Å². The van der Waals surface area contributed by atoms with Crippen molar-refractivity contribution in [3.05, 3.63) is 40.5 Å². The lowest BCUT2D eigenvalue weighted by Gasteiger charge is -2.32. The quantitative estimate of drug-likeness (QED) is 0.719. The Morgan fingerprint density at radius 1 is 1.38 bits per heavy atom. The molecule has 0 N–H and O–H groups in total. The molecule has 3 aromatic heterocycles. The predicted molar refractivity (Wildman–Crippen MR) is 93.6 cm³/mol. The molecule has 4 heterocycles. The van der Waals surface area contributed by atoms with Crippen molar-refractivity contribution in [2.24, 2.45) is 7.05 Å². The van der Waals surface area contributed by atoms with Crippen molar-refractivity contribution >= 4 is 22.1 Å². The van der Waals surface area contributed by atoms with Crippen molar-refractivity contribution in [3.63, 3.8) is 0 Å². The lowest BCUT2D eigenvalue weighted by atomic mass is 9.94. The van der Waals surface area contributed by atoms with Crippen LogP contribution < -0.4 is 0 Å². The van der Waals surface area contributed by atoms with E-state index in [4.69, 9.17) is 4.98 Å². The van der Waals surface area contributed by atoms with Gasteiger partial charge in [-0.2, -0.15) is 5.10 Å². The van der Waals surface area contributed by atoms with Crippen LogP contribution in [0.4, 0.5) is 0 Å². The molecular formula is C17H21N5OS. The number of carbonyl (C=O) groups is 1. The van der Waals surface area contributed by atoms with Gasteiger partial charge in [-0.1, -0.05) is 0 Å². The molecule has 3 aromatic rings. The van der Waals surface area contributed by atoms with Gasteiger partial charge >= 0.3 is 0 Å². The number of nitrogens with zero attached hydrogens (tertiary/aromatic N) is 5. The molecule has 0 aliphatic carbocycles. The normalized spacial score (nSPS) is 18.5. The zero-order valence-corrected chi connectivity index (χ0v) is 15.0. The lowest BCUT2D eigenvalue weighted by molar-refractivity contribution is 0.0705. The summed E-state index contributed by atoms with van der Waals surface area (Å²) in [4.78, 5) is 20.8. The smallest absolute Gasteiger partial charge is 0.257 e. The third kappa shape index (κ3) is 2.34. The first-order valence-corrected chi connectivity index (χ1v) is 9.14. The van der Waals surface area contributed by atoms with Crippen LogP contribution in [0, 0.1) is 13.8 Å². The van der Waals surface area contributed by atoms with E-state index < -0.39 is 0 Å². The van der Waals surface area contributed by atoms with Gasteiger partial charge < -0.3 is 4.90 Å². The zero-order valence-electron chi connectivity index (χ0n) is 14.2. The molecule has 0 spiro atoms. The minimum atomic E-state index is 0.0867. The second-order valence-electron chi connectivity index (χ2n) is 6.48. The maximum atomic E-state index is 12.9. The number of thiazole rings is 1. The number of aromatic nitrogens is 4. The molecular weight excluding hydrogens is 322 g/mol. The van der Waals surface area contributed by atoms with E-state index in [-0.39, 0.29) is 5.91 Å². The largest absolute Gasteiger partial charge is 0.338 e. The van der Waals surface area contributed by atoms with Gasteiger partial charge in [-0.3, -0.25) is 13.9 Å². The van der Waals surface area contributed by atoms with Crippen molar-refractivity contribution in [1.29, 1.82) is 0 Å². The molecule has 4 rings (SSSR count). The highest BCUT2D eigenvalue weighted by Crippen LogP contribution is 2.32. The summed E-state index contributed by atoms with van der Waals surface area (Å²) in [6.45, 7) is 5.52. The number of hydrogen-bond donors (Lipinski definition) is 0. The number of likely N-dealkylation sites (tertiary alicyclic amines) is 1. The number of amides is 1. The summed E-state index contributed by atoms with van der Waals surface area (Å²) in [5, 5.41) is 6.30. The maximum absolute atomic E-state index is 12.9. The molecule has 1 amide bonds. The fourth-order valence-corrected chi connectivity index (χ4v) is 4.48. The van der Waals surface area contributed by atoms with E-state index in [0.29, 0.717) is 11.5 Å². The maximum Gasteiger partial charge on any atom is 0.257 e. The first-order chi connectivity index (χ1) is 11.6. The van der Waals surface area contributed by atoms with Crippen LogP contribution in [0.5, 0.6) is 0 Å². The Kier molecular flexibility index (Phi) is 3.68. The van der Waals surface area contributed by atoms with Gasteiger partial charge in [0.25, 0.3) is 5.91 Å². The molecule has 0 bridgehead atoms. The van der Waals surface area contributed by atoms with Gasteiger partial charge in [-0.25, -0.2) is 4.98 Å². The number of piperidine rings is 1. The van der Waals surface area contributed by atoms with E-state index >= 15 is 0 Å². The Hall–Kier alpha value is -2.15. The molecule has 24 heavy (non-hydrogen) atoms. The number of aryl methyl sites for hydroxylation is 2. The highest BCUT2D eigenvalue weighted by molar-refractivity contribution is 7.15. The van der Waals surface area contributed by atoms with Crippen molar-refractivity contribution in [2.75, 3.05) is 13.1 Å². The molecule has 1 aliphatic heterocycles. The molecule has 1 atom stereocenters. The molecule has 1 fully saturated rings. The zero-order chi connectivity index (χ0) is 16.8. The van der Waals surface area contributed by atoms with E-state index in [0.717, 1.165) is 43.1 Å². The van der Waals surface area contributed by atoms with Gasteiger partial charge in [0.05, 0.1) is 17.5 Å². The highest BCUT2D eigenvalue weighted by atomic mass is 32.1. The Labute approximate surface area is 144 Å². The summed E-state index contributed by atoms with van der Waals surface area (Å²) >= 11 is 1.72. The van der Waals surface area contributed by atoms with Gasteiger partial charge in [-0.05, 0) is 26.7 Å². The number of fused-ring (bicyclic) bond motifs is 1. The lowest BCUT2D eigenvalue weighted by Crippen LogP contribution is -2.39. The third-order valence-corrected chi connectivity index (χ3v) is 5.91. The summed E-state index contributed by atoms with van der Waals surface area (Å²) in [6, 6.07) is 0. The van der Waals surface area contributed by atoms with Crippen LogP contribution >= 0.6 is 11.3 Å². The predicted octanol–water partition coefficient (Wildman–Crippen LogP) is 2.77. The van der Waals surface area contributed by atoms with Crippen LogP contribution in [0.2, 0.25) is 0 Å². The fourth-order valence-electron chi connectivity index (χ4n) is 3.52. The monoisotopic (exact) mass is 343 g/mol. The Morgan fingerprint density at radius 2 is 2.21 bits per heavy atom. The average molecular weight is 343 g/mol. The molecule has 1 aliphatic rings. The van der Waals surface area contributed by atoms with Gasteiger partial charge in [0.1, 0.15) is 10.7 Å². The molecule has 0 aromatic carbocycles. The Balaban J connectivity index is 1.61. The van der Waals surface area contributed by atoms with Crippen LogP contribution in [-0.2, 0) is 7.05 Å². The SMILES string of the molecule is Cc1c(C(=O)N2CCC[C@H](c3nc(C)n4ccsc34)C2)cnn1C. The Morgan fingerprint density at radius 3 is 2.96 bits per heavy atom. The highest BCUT2D eigenvalue weighted by Gasteiger charge is 2.30. The van der Waals surface area contributed by atoms with E-state index in [9.17, 15) is 4.79 Å². The van der Waals surface area contributed by atoms with E-state index in [1.807, 2.05) is 25.8 Å². The summed E-state index contributed by atoms with van der Waals surface area (Å²) in [7, 11) is 1.87. The molecule has 6 nitrogen and oxygen atoms in total. The standard InChI is InChI=1S/C17H21N5OS/c1-11-14(9-18-20(11)3)16(23)21-6-4-5-13(10-21)15-17-22(7-8-24-17)12(2)19-15/h7-9,13H,4-6,10H2,1-3H3/t13-/m0/s1. The average Bonchev–Trinajstić information content (AvgIpc) is 3.26. The van der Waals surface area contributed by atoms with E-state index in [1.165, 1.54) is 4.83 Å². The molecule has 0 saturated carbocycles. The van der Waals surface area contributed by atoms with Crippen LogP contribution in [0.25, 0.3) is 4.83 Å². The Bertz CT molecular complexity index is 906. The number of hydrogen-bond acceptors (Lipinski definition) is 4. The third-order valence-electron chi connectivity index (χ3n) is 5.02. The van der Waals surface area contributed by atoms with Gasteiger partial charge in [0.15, 0.2) is 0 Å². The number of imidazole rings is 1. The topological polar surface area (TPSA) is 55.4 Å². The van der Waals surface area contributed by atoms with Crippen LogP contribution in [0.15, 0.2) is 17.8 Å². The van der Waals surface area contributed by atoms with Crippen LogP contribution in [0.3, 0.4) is 0 Å². The summed E-state index contributed by atoms with van der Waals surface area (Å²) < 4.78 is 3.90. The molecule has 0 radical (unpaired) electrons. The summed E-state index contributed by atoms with van der Waals surface area (Å²) in [5.41, 5.74) is 2.77. The fraction of sp³-hybridized carbons (Fsp3) is 0.471. The van der Waals surface area contributed by atoms with E-state index in [2.05, 4.69) is 21.1 Å². The second kappa shape index (κ2) is 5.73. The van der Waals surface area contributed by atoms with E-state index in [1.54, 1.807) is 22.2 Å². The van der Waals surface area contributed by atoms with Crippen molar-refractivity contribution in [1.82, 2.24) is 24.1 Å². The van der Waals surface area contributed by atoms with Gasteiger partial charge in [-0.15, -0.1) is 11.3 Å². The van der Waals surface area contributed by atoms with Crippen molar-refractivity contribution in [2.45, 2.75) is 32.6 Å². The van der Waals surface area contributed by atoms with Gasteiger partial charge in [0, 0.05) is 43.3 Å². The minimum absolute atomic E-state index is 0.0867. The second-order valence-corrected chi connectivity index (χ2v) is 7.37. The van der Waals surface area contributed by atoms with Crippen molar-refractivity contribution in [3.8, 4) is 0 Å². The first-order valence-electron chi connectivity index (χ1n) is 8.26. The van der Waals surface area contributed by atoms with Crippen molar-refractivity contribution < 1.29 is 4.79 Å². The van der Waals surface area contributed by atoms with Crippen LogP contribution in [-0.4, -0.2) is 43.1 Å². The number of carbonyl (C=O) groups excluding carboxylic acids is 1. The minimum Gasteiger partial charge on any atom is -0.338 e. The summed E-state index contributed by atoms with van der Waals surface area (Å²) in [6.07, 6.45) is 5.84. The molecule has 126 valence electrons. The first kappa shape index (κ1) is 15.4. The number of rotatable bonds is 2. The summed E-state index contributed by atoms with van der Waals surface area (Å²) in [5.74, 6) is 1.42. The van der Waals surface area contributed by atoms with Crippen LogP contribution in [0.1, 0.15) is 46.3 Å². The molecule has 0 unspecified atom stereocenters. The molecule has 1 saturated heterocycles.